The molecule has 0 saturated carbocycles. The lowest BCUT2D eigenvalue weighted by atomic mass is 10.2. The maximum absolute atomic E-state index is 11.7. The minimum atomic E-state index is -0.625. The van der Waals surface area contributed by atoms with Crippen molar-refractivity contribution < 1.29 is 14.3 Å². The number of azo groups is 1. The van der Waals surface area contributed by atoms with Crippen LogP contribution < -0.4 is 0 Å². The van der Waals surface area contributed by atoms with Crippen LogP contribution in [-0.2, 0) is 0 Å². The summed E-state index contributed by atoms with van der Waals surface area (Å²) in [5.74, 6) is -0.691. The number of hydrogen-bond donors (Lipinski definition) is 2. The number of hydrogen-bond acceptors (Lipinski definition) is 4. The molecule has 100 valence electrons. The quantitative estimate of drug-likeness (QED) is 0.690. The number of rotatable bonds is 2. The lowest BCUT2D eigenvalue weighted by Gasteiger charge is -1.90. The lowest BCUT2D eigenvalue weighted by molar-refractivity contribution is 0.0967. The van der Waals surface area contributed by atoms with Gasteiger partial charge in [0.2, 0.25) is 5.88 Å². The van der Waals surface area contributed by atoms with Gasteiger partial charge in [-0.3, -0.25) is 4.79 Å². The highest BCUT2D eigenvalue weighted by atomic mass is 79.9. The van der Waals surface area contributed by atoms with Crippen LogP contribution >= 0.6 is 15.9 Å². The number of carbonyl (C=O) groups excluding carboxylic acids is 1. The van der Waals surface area contributed by atoms with E-state index >= 15 is 0 Å². The fourth-order valence-electron chi connectivity index (χ4n) is 1.79. The second kappa shape index (κ2) is 4.93. The number of amides is 1. The molecule has 0 unspecified atom stereocenters. The number of aromatic nitrogens is 1. The summed E-state index contributed by atoms with van der Waals surface area (Å²) in [4.78, 5) is 14.5. The van der Waals surface area contributed by atoms with Gasteiger partial charge in [0.1, 0.15) is 0 Å². The molecule has 1 aromatic carbocycles. The zero-order valence-electron chi connectivity index (χ0n) is 10.0. The second-order valence-electron chi connectivity index (χ2n) is 3.98. The van der Waals surface area contributed by atoms with Crippen molar-refractivity contribution in [3.63, 3.8) is 0 Å². The first-order valence-corrected chi connectivity index (χ1v) is 6.45. The maximum Gasteiger partial charge on any atom is 0.331 e. The Labute approximate surface area is 121 Å². The number of halogens is 1. The molecular formula is C13H8BrN3O3. The molecule has 7 heteroatoms. The molecule has 3 aromatic rings. The van der Waals surface area contributed by atoms with E-state index in [1.54, 1.807) is 24.3 Å². The first-order chi connectivity index (χ1) is 9.65. The molecule has 2 aromatic heterocycles. The van der Waals surface area contributed by atoms with Crippen molar-refractivity contribution in [2.75, 3.05) is 0 Å². The fraction of sp³-hybridized carbons (Fsp3) is 0. The van der Waals surface area contributed by atoms with Gasteiger partial charge in [0.15, 0.2) is 16.1 Å². The molecule has 0 aliphatic heterocycles. The summed E-state index contributed by atoms with van der Waals surface area (Å²) in [5.41, 5.74) is 0.937. The summed E-state index contributed by atoms with van der Waals surface area (Å²) in [7, 11) is 0. The zero-order chi connectivity index (χ0) is 14.1. The summed E-state index contributed by atoms with van der Waals surface area (Å²) in [6.45, 7) is 0. The molecule has 0 fully saturated rings. The topological polar surface area (TPSA) is 91.0 Å². The predicted molar refractivity (Wildman–Crippen MR) is 75.2 cm³/mol. The summed E-state index contributed by atoms with van der Waals surface area (Å²) in [6.07, 6.45) is 0. The average Bonchev–Trinajstić information content (AvgIpc) is 2.99. The van der Waals surface area contributed by atoms with Crippen molar-refractivity contribution in [3.05, 3.63) is 46.8 Å². The van der Waals surface area contributed by atoms with Crippen LogP contribution in [0.1, 0.15) is 10.6 Å². The number of fused-ring (bicyclic) bond motifs is 1. The van der Waals surface area contributed by atoms with E-state index in [4.69, 9.17) is 4.42 Å². The van der Waals surface area contributed by atoms with Gasteiger partial charge in [-0.15, -0.1) is 10.2 Å². The van der Waals surface area contributed by atoms with Crippen LogP contribution in [0.25, 0.3) is 10.9 Å². The number of benzene rings is 1. The lowest BCUT2D eigenvalue weighted by Crippen LogP contribution is -1.89. The first-order valence-electron chi connectivity index (χ1n) is 5.66. The van der Waals surface area contributed by atoms with Gasteiger partial charge in [-0.1, -0.05) is 18.2 Å². The number of furan rings is 1. The van der Waals surface area contributed by atoms with Crippen molar-refractivity contribution in [1.29, 1.82) is 0 Å². The maximum atomic E-state index is 11.7. The van der Waals surface area contributed by atoms with Gasteiger partial charge in [0.25, 0.3) is 0 Å². The van der Waals surface area contributed by atoms with Crippen molar-refractivity contribution in [2.45, 2.75) is 0 Å². The summed E-state index contributed by atoms with van der Waals surface area (Å²) in [6, 6.07) is 10.3. The normalized spacial score (nSPS) is 11.4. The van der Waals surface area contributed by atoms with E-state index in [2.05, 4.69) is 31.1 Å². The zero-order valence-corrected chi connectivity index (χ0v) is 11.6. The first kappa shape index (κ1) is 12.6. The number of carbonyl (C=O) groups is 1. The monoisotopic (exact) mass is 333 g/mol. The highest BCUT2D eigenvalue weighted by molar-refractivity contribution is 9.10. The fourth-order valence-corrected chi connectivity index (χ4v) is 2.09. The smallest absolute Gasteiger partial charge is 0.331 e. The molecule has 20 heavy (non-hydrogen) atoms. The Kier molecular flexibility index (Phi) is 3.11. The Morgan fingerprint density at radius 1 is 1.25 bits per heavy atom. The van der Waals surface area contributed by atoms with Crippen molar-refractivity contribution in [1.82, 2.24) is 4.98 Å². The number of aromatic hydroxyl groups is 1. The van der Waals surface area contributed by atoms with Gasteiger partial charge in [-0.2, -0.15) is 0 Å². The molecule has 6 nitrogen and oxygen atoms in total. The van der Waals surface area contributed by atoms with Gasteiger partial charge in [0.05, 0.1) is 5.52 Å². The Balaban J connectivity index is 1.95. The van der Waals surface area contributed by atoms with E-state index < -0.39 is 5.91 Å². The van der Waals surface area contributed by atoms with Gasteiger partial charge in [-0.05, 0) is 34.1 Å². The minimum absolute atomic E-state index is 0.0694. The van der Waals surface area contributed by atoms with E-state index in [0.29, 0.717) is 15.6 Å². The molecule has 0 atom stereocenters. The number of aromatic amines is 1. The number of H-pyrrole nitrogens is 1. The SMILES string of the molecule is O=C(N=Nc1c(O)[nH]c2ccccc12)c1ccc(Br)o1. The van der Waals surface area contributed by atoms with E-state index in [0.717, 1.165) is 0 Å². The Morgan fingerprint density at radius 2 is 2.05 bits per heavy atom. The minimum Gasteiger partial charge on any atom is -0.493 e. The second-order valence-corrected chi connectivity index (χ2v) is 4.76. The molecule has 0 radical (unpaired) electrons. The molecule has 0 aliphatic rings. The molecule has 1 amide bonds. The van der Waals surface area contributed by atoms with Crippen LogP contribution in [0.2, 0.25) is 0 Å². The van der Waals surface area contributed by atoms with Gasteiger partial charge in [0, 0.05) is 5.39 Å². The molecule has 3 rings (SSSR count). The van der Waals surface area contributed by atoms with Crippen LogP contribution in [0.15, 0.2) is 55.7 Å². The van der Waals surface area contributed by atoms with Crippen molar-refractivity contribution >= 4 is 38.4 Å². The molecule has 0 bridgehead atoms. The molecule has 0 saturated heterocycles. The molecule has 0 aliphatic carbocycles. The van der Waals surface area contributed by atoms with Gasteiger partial charge in [-0.25, -0.2) is 0 Å². The third-order valence-corrected chi connectivity index (χ3v) is 3.11. The van der Waals surface area contributed by atoms with Crippen LogP contribution in [0, 0.1) is 0 Å². The van der Waals surface area contributed by atoms with Crippen LogP contribution in [0.3, 0.4) is 0 Å². The third-order valence-electron chi connectivity index (χ3n) is 2.68. The molecule has 2 N–H and O–H groups in total. The van der Waals surface area contributed by atoms with Crippen LogP contribution in [0.5, 0.6) is 5.88 Å². The summed E-state index contributed by atoms with van der Waals surface area (Å²) in [5, 5.41) is 17.8. The van der Waals surface area contributed by atoms with E-state index in [1.807, 2.05) is 6.07 Å². The molecule has 2 heterocycles. The van der Waals surface area contributed by atoms with Crippen molar-refractivity contribution in [3.8, 4) is 5.88 Å². The van der Waals surface area contributed by atoms with Crippen molar-refractivity contribution in [2.24, 2.45) is 10.2 Å². The van der Waals surface area contributed by atoms with Crippen LogP contribution in [0.4, 0.5) is 5.69 Å². The Hall–Kier alpha value is -2.41. The van der Waals surface area contributed by atoms with Crippen LogP contribution in [-0.4, -0.2) is 16.0 Å². The van der Waals surface area contributed by atoms with E-state index in [-0.39, 0.29) is 17.3 Å². The Morgan fingerprint density at radius 3 is 2.80 bits per heavy atom. The summed E-state index contributed by atoms with van der Waals surface area (Å²) >= 11 is 3.10. The number of para-hydroxylation sites is 1. The Bertz CT molecular complexity index is 819. The van der Waals surface area contributed by atoms with E-state index in [1.165, 1.54) is 6.07 Å². The highest BCUT2D eigenvalue weighted by Gasteiger charge is 2.12. The standard InChI is InChI=1S/C13H8BrN3O3/c14-10-6-5-9(20-10)12(18)17-16-11-7-3-1-2-4-8(7)15-13(11)19/h1-6,15,19H. The molecule has 0 spiro atoms. The largest absolute Gasteiger partial charge is 0.493 e. The highest BCUT2D eigenvalue weighted by Crippen LogP contribution is 2.35. The third kappa shape index (κ3) is 2.23. The average molecular weight is 334 g/mol. The number of nitrogens with one attached hydrogen (secondary N) is 1. The van der Waals surface area contributed by atoms with Gasteiger partial charge < -0.3 is 14.5 Å². The number of nitrogens with zero attached hydrogens (tertiary/aromatic N) is 2. The van der Waals surface area contributed by atoms with E-state index in [9.17, 15) is 9.90 Å². The molecular weight excluding hydrogens is 326 g/mol. The van der Waals surface area contributed by atoms with Gasteiger partial charge >= 0.3 is 5.91 Å². The summed E-state index contributed by atoms with van der Waals surface area (Å²) < 4.78 is 5.51. The predicted octanol–water partition coefficient (Wildman–Crippen LogP) is 4.15.